The number of carboxylic acid groups (broad SMARTS) is 4. The number of halogens is 4. The van der Waals surface area contributed by atoms with E-state index in [0.717, 1.165) is 24.0 Å². The first kappa shape index (κ1) is 54.8. The lowest BCUT2D eigenvalue weighted by molar-refractivity contribution is -0.142. The number of nitrogens with one attached hydrogen (secondary N) is 1. The van der Waals surface area contributed by atoms with Crippen molar-refractivity contribution >= 4 is 37.2 Å². The highest BCUT2D eigenvalue weighted by molar-refractivity contribution is 7.57. The molecule has 1 heterocycles. The molecule has 0 saturated carbocycles. The summed E-state index contributed by atoms with van der Waals surface area (Å²) in [5, 5.41) is 41.8. The van der Waals surface area contributed by atoms with Crippen molar-refractivity contribution in [3.05, 3.63) is 64.7 Å². The van der Waals surface area contributed by atoms with Crippen molar-refractivity contribution in [1.29, 1.82) is 0 Å². The molecule has 65 heavy (non-hydrogen) atoms. The molecule has 6 N–H and O–H groups in total. The molecule has 2 unspecified atom stereocenters. The van der Waals surface area contributed by atoms with Crippen LogP contribution in [0.1, 0.15) is 62.5 Å². The molecule has 22 heteroatoms. The Kier molecular flexibility index (Phi) is 24.1. The predicted molar refractivity (Wildman–Crippen MR) is 230 cm³/mol. The van der Waals surface area contributed by atoms with E-state index in [-0.39, 0.29) is 96.8 Å². The Bertz CT molecular complexity index is 1890. The normalized spacial score (nSPS) is 17.2. The first-order chi connectivity index (χ1) is 30.8. The van der Waals surface area contributed by atoms with Gasteiger partial charge in [-0.3, -0.25) is 48.1 Å². The van der Waals surface area contributed by atoms with Crippen molar-refractivity contribution in [3.8, 4) is 5.75 Å². The molecule has 0 aromatic heterocycles. The highest BCUT2D eigenvalue weighted by Gasteiger charge is 2.28. The Labute approximate surface area is 375 Å². The molecule has 0 radical (unpaired) electrons. The number of hydrogen-bond donors (Lipinski definition) is 6. The lowest BCUT2D eigenvalue weighted by atomic mass is 10.0. The molecule has 0 bridgehead atoms. The van der Waals surface area contributed by atoms with Gasteiger partial charge in [0, 0.05) is 76.7 Å². The van der Waals surface area contributed by atoms with E-state index in [1.165, 1.54) is 0 Å². The third kappa shape index (κ3) is 22.0. The predicted octanol–water partition coefficient (Wildman–Crippen LogP) is 3.84. The summed E-state index contributed by atoms with van der Waals surface area (Å²) in [7, 11) is -3.36. The zero-order chi connectivity index (χ0) is 47.9. The van der Waals surface area contributed by atoms with Gasteiger partial charge in [0.05, 0.1) is 26.2 Å². The monoisotopic (exact) mass is 947 g/mol. The third-order valence-electron chi connectivity index (χ3n) is 10.9. The number of carbonyl (C=O) groups excluding carboxylic acids is 1. The molecule has 2 aromatic carbocycles. The summed E-state index contributed by atoms with van der Waals surface area (Å²) in [5.74, 6) is -13.7. The van der Waals surface area contributed by atoms with Gasteiger partial charge in [-0.25, -0.2) is 8.78 Å². The third-order valence-corrected chi connectivity index (χ3v) is 12.9. The van der Waals surface area contributed by atoms with E-state index in [4.69, 9.17) is 0 Å². The number of rotatable bonds is 27. The molecule has 0 amide bonds. The van der Waals surface area contributed by atoms with Gasteiger partial charge in [0.15, 0.2) is 11.6 Å². The molecule has 3 rings (SSSR count). The molecule has 1 aliphatic rings. The van der Waals surface area contributed by atoms with Crippen molar-refractivity contribution in [3.63, 3.8) is 0 Å². The van der Waals surface area contributed by atoms with Gasteiger partial charge in [-0.15, -0.1) is 0 Å². The van der Waals surface area contributed by atoms with E-state index in [0.29, 0.717) is 58.0 Å². The maximum atomic E-state index is 13.7. The number of nitrogens with zero attached hydrogens (tertiary/aromatic N) is 4. The Hall–Kier alpha value is -4.50. The molecule has 2 atom stereocenters. The first-order valence-corrected chi connectivity index (χ1v) is 23.8. The molecule has 2 aromatic rings. The van der Waals surface area contributed by atoms with Crippen molar-refractivity contribution in [2.24, 2.45) is 0 Å². The van der Waals surface area contributed by atoms with Gasteiger partial charge in [-0.1, -0.05) is 37.1 Å². The van der Waals surface area contributed by atoms with E-state index in [1.54, 1.807) is 19.6 Å². The van der Waals surface area contributed by atoms with Crippen LogP contribution in [0.15, 0.2) is 30.3 Å². The highest BCUT2D eigenvalue weighted by atomic mass is 31.2. The number of aryl methyl sites for hydroxylation is 1. The fourth-order valence-electron chi connectivity index (χ4n) is 7.52. The smallest absolute Gasteiger partial charge is 0.317 e. The minimum atomic E-state index is -3.36. The number of carboxylic acids is 4. The molecule has 0 aliphatic carbocycles. The largest absolute Gasteiger partial charge is 0.480 e. The van der Waals surface area contributed by atoms with Gasteiger partial charge in [0.2, 0.25) is 24.8 Å². The summed E-state index contributed by atoms with van der Waals surface area (Å²) < 4.78 is 71.4. The molecule has 1 aliphatic heterocycles. The number of hydrogen-bond acceptors (Lipinski definition) is 12. The zero-order valence-corrected chi connectivity index (χ0v) is 37.4. The lowest BCUT2D eigenvalue weighted by Crippen LogP contribution is -2.53. The van der Waals surface area contributed by atoms with E-state index in [1.807, 2.05) is 24.3 Å². The van der Waals surface area contributed by atoms with Gasteiger partial charge < -0.3 is 35.4 Å². The summed E-state index contributed by atoms with van der Waals surface area (Å²) in [4.78, 5) is 76.2. The van der Waals surface area contributed by atoms with Crippen LogP contribution < -0.4 is 10.1 Å². The Morgan fingerprint density at radius 3 is 1.66 bits per heavy atom. The van der Waals surface area contributed by atoms with Crippen LogP contribution in [0.4, 0.5) is 17.6 Å². The topological polar surface area (TPSA) is 238 Å². The van der Waals surface area contributed by atoms with Gasteiger partial charge in [-0.05, 0) is 69.2 Å². The Morgan fingerprint density at radius 2 is 1.11 bits per heavy atom. The van der Waals surface area contributed by atoms with Crippen LogP contribution in [0, 0.1) is 23.3 Å². The van der Waals surface area contributed by atoms with Crippen LogP contribution >= 0.6 is 7.37 Å². The molecule has 0 spiro atoms. The maximum Gasteiger partial charge on any atom is 0.317 e. The quantitative estimate of drug-likeness (QED) is 0.0186. The molecular formula is C43H62F4N5O12P. The van der Waals surface area contributed by atoms with Gasteiger partial charge in [0.1, 0.15) is 0 Å². The Morgan fingerprint density at radius 1 is 0.631 bits per heavy atom. The molecule has 17 nitrogen and oxygen atoms in total. The van der Waals surface area contributed by atoms with Crippen LogP contribution in [0.3, 0.4) is 0 Å². The van der Waals surface area contributed by atoms with E-state index >= 15 is 0 Å². The summed E-state index contributed by atoms with van der Waals surface area (Å²) >= 11 is 0. The molecular weight excluding hydrogens is 885 g/mol. The summed E-state index contributed by atoms with van der Waals surface area (Å²) in [5.41, 5.74) is 1.77. The van der Waals surface area contributed by atoms with E-state index in [9.17, 15) is 71.4 Å². The number of unbranched alkanes of at least 4 members (excludes halogenated alkanes) is 4. The molecule has 1 fully saturated rings. The summed E-state index contributed by atoms with van der Waals surface area (Å²) in [6.45, 7) is 1.23. The van der Waals surface area contributed by atoms with Gasteiger partial charge in [0.25, 0.3) is 0 Å². The van der Waals surface area contributed by atoms with Crippen LogP contribution in [0.2, 0.25) is 0 Å². The van der Waals surface area contributed by atoms with Crippen molar-refractivity contribution in [1.82, 2.24) is 24.9 Å². The maximum absolute atomic E-state index is 13.7. The zero-order valence-electron chi connectivity index (χ0n) is 36.5. The van der Waals surface area contributed by atoms with Crippen LogP contribution in [0.25, 0.3) is 0 Å². The number of ether oxygens (including phenoxy) is 1. The highest BCUT2D eigenvalue weighted by Crippen LogP contribution is 2.42. The van der Waals surface area contributed by atoms with Crippen LogP contribution in [0.5, 0.6) is 5.75 Å². The SMILES string of the molecule is O=C(O)CN1CCN(CC(=O)O)CCN(CC(=O)O)C(Cc2ccc(CCCP(=O)(O)CCCCCNCCCCCC(=O)Oc3c(F)c(F)cc(F)c3F)cc2)CN(CC(=O)O)CC1. The second-order valence-corrected chi connectivity index (χ2v) is 18.9. The number of aliphatic carboxylic acids is 4. The average Bonchev–Trinajstić information content (AvgIpc) is 3.22. The van der Waals surface area contributed by atoms with Crippen LogP contribution in [-0.2, 0) is 41.4 Å². The van der Waals surface area contributed by atoms with E-state index in [2.05, 4.69) is 10.1 Å². The minimum absolute atomic E-state index is 0.0261. The second kappa shape index (κ2) is 28.5. The number of benzene rings is 2. The fourth-order valence-corrected chi connectivity index (χ4v) is 9.12. The Balaban J connectivity index is 1.43. The number of carbonyl (C=O) groups is 5. The van der Waals surface area contributed by atoms with E-state index < -0.39 is 72.3 Å². The van der Waals surface area contributed by atoms with Crippen molar-refractivity contribution in [2.45, 2.75) is 70.3 Å². The first-order valence-electron chi connectivity index (χ1n) is 21.7. The van der Waals surface area contributed by atoms with Crippen molar-refractivity contribution < 1.29 is 76.2 Å². The van der Waals surface area contributed by atoms with Crippen molar-refractivity contribution in [2.75, 3.05) is 97.4 Å². The molecule has 364 valence electrons. The van der Waals surface area contributed by atoms with Crippen LogP contribution in [-0.4, -0.2) is 178 Å². The van der Waals surface area contributed by atoms with Gasteiger partial charge >= 0.3 is 29.8 Å². The standard InChI is InChI=1S/C43H62F4N5O12P/c44-34-25-35(45)42(47)43(41(34)46)64-40(61)9-3-1-4-14-48-15-5-2-6-22-65(62,63)23-7-8-31-10-12-32(13-11-31)24-33-26-51(29-38(57)58)19-18-49(27-36(53)54)16-17-50(28-37(55)56)20-21-52(33)30-39(59)60/h10-13,25,33,48H,1-9,14-24,26-30H2,(H,53,54)(H,55,56)(H,57,58)(H,59,60)(H,62,63). The summed E-state index contributed by atoms with van der Waals surface area (Å²) in [6, 6.07) is 7.08. The fraction of sp³-hybridized carbons (Fsp3) is 0.605. The second-order valence-electron chi connectivity index (χ2n) is 16.3. The average molecular weight is 948 g/mol. The molecule has 1 saturated heterocycles. The van der Waals surface area contributed by atoms with Gasteiger partial charge in [-0.2, -0.15) is 8.78 Å². The summed E-state index contributed by atoms with van der Waals surface area (Å²) in [6.07, 6.45) is 5.21. The minimum Gasteiger partial charge on any atom is -0.480 e. The number of esters is 1. The lowest BCUT2D eigenvalue weighted by Gasteiger charge is -2.37.